The van der Waals surface area contributed by atoms with Crippen LogP contribution in [-0.2, 0) is 9.47 Å². The number of benzene rings is 1. The summed E-state index contributed by atoms with van der Waals surface area (Å²) in [4.78, 5) is 18.9. The smallest absolute Gasteiger partial charge is 0.407 e. The van der Waals surface area contributed by atoms with Gasteiger partial charge in [-0.25, -0.2) is 9.78 Å². The average Bonchev–Trinajstić information content (AvgIpc) is 3.35. The predicted octanol–water partition coefficient (Wildman–Crippen LogP) is 4.78. The zero-order valence-electron chi connectivity index (χ0n) is 22.0. The summed E-state index contributed by atoms with van der Waals surface area (Å²) in [5.74, 6) is 7.62. The third kappa shape index (κ3) is 6.63. The molecule has 1 amide bonds. The zero-order valence-corrected chi connectivity index (χ0v) is 22.8. The Morgan fingerprint density at radius 2 is 1.95 bits per heavy atom. The Bertz CT molecular complexity index is 1320. The Kier molecular flexibility index (Phi) is 9.57. The molecular formula is C28H33ClN4O5. The van der Waals surface area contributed by atoms with Gasteiger partial charge in [-0.1, -0.05) is 36.8 Å². The summed E-state index contributed by atoms with van der Waals surface area (Å²) < 4.78 is 23.5. The topological polar surface area (TPSA) is 86.6 Å². The molecule has 0 radical (unpaired) electrons. The highest BCUT2D eigenvalue weighted by atomic mass is 35.5. The molecule has 10 heteroatoms. The van der Waals surface area contributed by atoms with Crippen molar-refractivity contribution in [3.63, 3.8) is 0 Å². The van der Waals surface area contributed by atoms with Gasteiger partial charge in [0, 0.05) is 56.1 Å². The highest BCUT2D eigenvalue weighted by Gasteiger charge is 2.18. The molecule has 1 aromatic carbocycles. The molecule has 0 atom stereocenters. The Balaban J connectivity index is 1.60. The van der Waals surface area contributed by atoms with Crippen molar-refractivity contribution >= 4 is 29.0 Å². The molecule has 4 rings (SSSR count). The number of halogens is 1. The van der Waals surface area contributed by atoms with Crippen molar-refractivity contribution in [2.75, 3.05) is 58.6 Å². The number of carbonyl (C=O) groups excluding carboxylic acids is 1. The van der Waals surface area contributed by atoms with Crippen LogP contribution in [0.5, 0.6) is 11.5 Å². The van der Waals surface area contributed by atoms with E-state index in [0.29, 0.717) is 49.3 Å². The van der Waals surface area contributed by atoms with Crippen LogP contribution in [-0.4, -0.2) is 69.2 Å². The van der Waals surface area contributed by atoms with Crippen molar-refractivity contribution in [1.29, 1.82) is 0 Å². The third-order valence-electron chi connectivity index (χ3n) is 6.15. The van der Waals surface area contributed by atoms with Crippen molar-refractivity contribution in [3.8, 4) is 34.6 Å². The summed E-state index contributed by atoms with van der Waals surface area (Å²) in [6.07, 6.45) is 5.84. The quantitative estimate of drug-likeness (QED) is 0.309. The second-order valence-electron chi connectivity index (χ2n) is 8.72. The van der Waals surface area contributed by atoms with E-state index < -0.39 is 6.09 Å². The number of unbranched alkanes of at least 4 members (excludes halogenated alkanes) is 1. The van der Waals surface area contributed by atoms with Crippen molar-refractivity contribution in [1.82, 2.24) is 14.7 Å². The molecule has 38 heavy (non-hydrogen) atoms. The van der Waals surface area contributed by atoms with E-state index in [0.717, 1.165) is 54.1 Å². The molecule has 3 heterocycles. The number of ether oxygens (including phenoxy) is 4. The van der Waals surface area contributed by atoms with E-state index in [1.54, 1.807) is 26.4 Å². The van der Waals surface area contributed by atoms with Gasteiger partial charge in [0.1, 0.15) is 17.1 Å². The van der Waals surface area contributed by atoms with E-state index >= 15 is 0 Å². The number of imidazole rings is 1. The molecule has 1 saturated heterocycles. The molecule has 1 N–H and O–H groups in total. The fourth-order valence-corrected chi connectivity index (χ4v) is 4.36. The van der Waals surface area contributed by atoms with Gasteiger partial charge in [0.05, 0.1) is 56.0 Å². The number of hydrogen-bond donors (Lipinski definition) is 1. The predicted molar refractivity (Wildman–Crippen MR) is 148 cm³/mol. The molecule has 0 spiro atoms. The highest BCUT2D eigenvalue weighted by molar-refractivity contribution is 6.32. The fraction of sp³-hybridized carbons (Fsp3) is 0.429. The third-order valence-corrected chi connectivity index (χ3v) is 6.44. The van der Waals surface area contributed by atoms with Crippen molar-refractivity contribution in [2.45, 2.75) is 26.2 Å². The van der Waals surface area contributed by atoms with Gasteiger partial charge in [-0.2, -0.15) is 0 Å². The van der Waals surface area contributed by atoms with Crippen LogP contribution in [0, 0.1) is 11.8 Å². The van der Waals surface area contributed by atoms with E-state index in [4.69, 9.17) is 35.5 Å². The van der Waals surface area contributed by atoms with Crippen LogP contribution >= 0.6 is 11.6 Å². The number of rotatable bonds is 9. The molecule has 0 bridgehead atoms. The van der Waals surface area contributed by atoms with Gasteiger partial charge >= 0.3 is 6.09 Å². The summed E-state index contributed by atoms with van der Waals surface area (Å²) >= 11 is 6.41. The van der Waals surface area contributed by atoms with Crippen LogP contribution in [0.15, 0.2) is 30.6 Å². The van der Waals surface area contributed by atoms with Crippen LogP contribution in [0.3, 0.4) is 0 Å². The van der Waals surface area contributed by atoms with Gasteiger partial charge in [0.15, 0.2) is 0 Å². The molecule has 0 saturated carbocycles. The second-order valence-corrected chi connectivity index (χ2v) is 9.13. The van der Waals surface area contributed by atoms with Crippen LogP contribution in [0.4, 0.5) is 10.5 Å². The largest absolute Gasteiger partial charge is 0.496 e. The number of nitrogens with one attached hydrogen (secondary N) is 1. The van der Waals surface area contributed by atoms with E-state index in [2.05, 4.69) is 29.0 Å². The first kappa shape index (κ1) is 27.4. The molecule has 2 aromatic heterocycles. The minimum atomic E-state index is -0.407. The van der Waals surface area contributed by atoms with E-state index in [9.17, 15) is 4.79 Å². The van der Waals surface area contributed by atoms with Gasteiger partial charge in [0.2, 0.25) is 0 Å². The van der Waals surface area contributed by atoms with Gasteiger partial charge in [-0.15, -0.1) is 0 Å². The minimum Gasteiger partial charge on any atom is -0.496 e. The van der Waals surface area contributed by atoms with Crippen molar-refractivity contribution in [2.24, 2.45) is 0 Å². The van der Waals surface area contributed by atoms with Gasteiger partial charge in [0.25, 0.3) is 0 Å². The molecule has 9 nitrogen and oxygen atoms in total. The Morgan fingerprint density at radius 1 is 1.16 bits per heavy atom. The van der Waals surface area contributed by atoms with E-state index in [1.165, 1.54) is 0 Å². The fourth-order valence-electron chi connectivity index (χ4n) is 4.12. The maximum atomic E-state index is 11.7. The molecule has 1 aliphatic rings. The van der Waals surface area contributed by atoms with Crippen LogP contribution in [0.2, 0.25) is 5.02 Å². The van der Waals surface area contributed by atoms with Crippen LogP contribution < -0.4 is 19.7 Å². The number of pyridine rings is 1. The highest BCUT2D eigenvalue weighted by Crippen LogP contribution is 2.38. The number of carbonyl (C=O) groups is 1. The molecule has 0 aliphatic carbocycles. The molecule has 3 aromatic rings. The minimum absolute atomic E-state index is 0.407. The number of methoxy groups -OCH3 is 2. The van der Waals surface area contributed by atoms with Gasteiger partial charge in [-0.3, -0.25) is 0 Å². The number of nitrogens with zero attached hydrogens (tertiary/aromatic N) is 3. The van der Waals surface area contributed by atoms with Crippen LogP contribution in [0.25, 0.3) is 16.9 Å². The summed E-state index contributed by atoms with van der Waals surface area (Å²) in [5.41, 5.74) is 4.12. The zero-order chi connectivity index (χ0) is 26.9. The van der Waals surface area contributed by atoms with Gasteiger partial charge in [-0.05, 0) is 12.5 Å². The second kappa shape index (κ2) is 13.3. The monoisotopic (exact) mass is 540 g/mol. The summed E-state index contributed by atoms with van der Waals surface area (Å²) in [6.45, 7) is 5.75. The first-order valence-corrected chi connectivity index (χ1v) is 13.1. The first-order valence-electron chi connectivity index (χ1n) is 12.7. The lowest BCUT2D eigenvalue weighted by molar-refractivity contribution is 0.122. The Morgan fingerprint density at radius 3 is 2.68 bits per heavy atom. The normalized spacial score (nSPS) is 13.1. The molecule has 0 unspecified atom stereocenters. The lowest BCUT2D eigenvalue weighted by atomic mass is 10.1. The van der Waals surface area contributed by atoms with E-state index in [1.807, 2.05) is 22.9 Å². The average molecular weight is 541 g/mol. The number of hydrogen-bond acceptors (Lipinski definition) is 7. The molecule has 1 fully saturated rings. The van der Waals surface area contributed by atoms with Crippen molar-refractivity contribution in [3.05, 3.63) is 41.2 Å². The SMILES string of the molecule is CCCCOC(=O)NCCC#Cc1cn2cc(-c3cc(Cl)c(OC)cc3OC)nc2cc1N1CCOCC1. The lowest BCUT2D eigenvalue weighted by Crippen LogP contribution is -2.36. The number of anilines is 1. The molecular weight excluding hydrogens is 508 g/mol. The Labute approximate surface area is 228 Å². The summed E-state index contributed by atoms with van der Waals surface area (Å²) in [7, 11) is 3.17. The van der Waals surface area contributed by atoms with E-state index in [-0.39, 0.29) is 0 Å². The number of morpholine rings is 1. The lowest BCUT2D eigenvalue weighted by Gasteiger charge is -2.29. The number of fused-ring (bicyclic) bond motifs is 1. The molecule has 202 valence electrons. The van der Waals surface area contributed by atoms with Gasteiger partial charge < -0.3 is 33.6 Å². The number of alkyl carbamates (subject to hydrolysis) is 1. The summed E-state index contributed by atoms with van der Waals surface area (Å²) in [6, 6.07) is 5.59. The van der Waals surface area contributed by atoms with Crippen LogP contribution in [0.1, 0.15) is 31.7 Å². The Hall–Kier alpha value is -3.61. The summed E-state index contributed by atoms with van der Waals surface area (Å²) in [5, 5.41) is 3.22. The standard InChI is InChI=1S/C28H33ClN4O5/c1-4-5-12-38-28(34)30-9-7-6-8-20-18-33-19-23(21-15-22(29)26(36-3)17-25(21)35-2)31-27(33)16-24(20)32-10-13-37-14-11-32/h15-19H,4-5,7,9-14H2,1-3H3,(H,30,34). The maximum Gasteiger partial charge on any atom is 0.407 e. The maximum absolute atomic E-state index is 11.7. The number of aromatic nitrogens is 2. The molecule has 1 aliphatic heterocycles. The first-order chi connectivity index (χ1) is 18.5. The number of amides is 1. The van der Waals surface area contributed by atoms with Crippen molar-refractivity contribution < 1.29 is 23.7 Å².